The van der Waals surface area contributed by atoms with Crippen LogP contribution in [0.5, 0.6) is 11.5 Å². The van der Waals surface area contributed by atoms with Crippen molar-refractivity contribution < 1.29 is 30.2 Å². The Morgan fingerprint density at radius 3 is 2.14 bits per heavy atom. The van der Waals surface area contributed by atoms with Gasteiger partial charge in [-0.25, -0.2) is 9.97 Å². The van der Waals surface area contributed by atoms with Crippen molar-refractivity contribution >= 4 is 66.6 Å². The molecule has 1 aliphatic rings. The van der Waals surface area contributed by atoms with E-state index in [4.69, 9.17) is 19.1 Å². The van der Waals surface area contributed by atoms with Gasteiger partial charge < -0.3 is 23.5 Å². The van der Waals surface area contributed by atoms with E-state index < -0.39 is 0 Å². The molecule has 0 N–H and O–H groups in total. The SMILES string of the molecule is Cc1cc(C(C)(C)C)cc(C)c1N1[CH-]N(c2[c-]c(Oc3[c-]c4c(cc3)c3ccccc3n4-c3cc(C(C)(C)C)ccn3)cc3oc4ccccc4c23)c2cccnc21.[Pt]. The van der Waals surface area contributed by atoms with E-state index in [1.165, 1.54) is 22.3 Å². The first-order chi connectivity index (χ1) is 27.8. The van der Waals surface area contributed by atoms with Gasteiger partial charge in [0.2, 0.25) is 0 Å². The molecule has 1 aliphatic heterocycles. The third kappa shape index (κ3) is 6.47. The number of nitrogens with zero attached hydrogens (tertiary/aromatic N) is 5. The van der Waals surface area contributed by atoms with Gasteiger partial charge in [0.25, 0.3) is 0 Å². The maximum Gasteiger partial charge on any atom is 0.135 e. The fraction of sp³-hybridized carbons (Fsp3) is 0.196. The number of aromatic nitrogens is 3. The smallest absolute Gasteiger partial charge is 0.135 e. The van der Waals surface area contributed by atoms with Crippen LogP contribution in [0.4, 0.5) is 22.9 Å². The van der Waals surface area contributed by atoms with Crippen LogP contribution in [0.1, 0.15) is 63.8 Å². The number of rotatable bonds is 5. The molecular formula is C51H44N5O2Pt-3. The van der Waals surface area contributed by atoms with Gasteiger partial charge >= 0.3 is 0 Å². The van der Waals surface area contributed by atoms with Crippen LogP contribution in [0, 0.1) is 32.6 Å². The van der Waals surface area contributed by atoms with Gasteiger partial charge in [-0.15, -0.1) is 30.3 Å². The van der Waals surface area contributed by atoms with Crippen LogP contribution in [0.3, 0.4) is 0 Å². The van der Waals surface area contributed by atoms with E-state index in [9.17, 15) is 0 Å². The molecule has 5 aromatic carbocycles. The summed E-state index contributed by atoms with van der Waals surface area (Å²) in [5.74, 6) is 2.74. The zero-order valence-corrected chi connectivity index (χ0v) is 36.7. The van der Waals surface area contributed by atoms with Gasteiger partial charge in [0.05, 0.1) is 5.69 Å². The molecule has 0 fully saturated rings. The van der Waals surface area contributed by atoms with Crippen molar-refractivity contribution in [1.82, 2.24) is 14.5 Å². The summed E-state index contributed by atoms with van der Waals surface area (Å²) in [6.07, 6.45) is 3.74. The molecule has 10 rings (SSSR count). The Morgan fingerprint density at radius 1 is 0.644 bits per heavy atom. The predicted molar refractivity (Wildman–Crippen MR) is 236 cm³/mol. The van der Waals surface area contributed by atoms with Gasteiger partial charge in [-0.05, 0) is 94.1 Å². The summed E-state index contributed by atoms with van der Waals surface area (Å²) in [4.78, 5) is 14.2. The van der Waals surface area contributed by atoms with Crippen molar-refractivity contribution in [3.8, 4) is 17.3 Å². The molecule has 4 aromatic heterocycles. The van der Waals surface area contributed by atoms with Gasteiger partial charge in [0, 0.05) is 61.7 Å². The van der Waals surface area contributed by atoms with E-state index in [0.717, 1.165) is 66.9 Å². The van der Waals surface area contributed by atoms with Crippen molar-refractivity contribution in [3.63, 3.8) is 0 Å². The number of pyridine rings is 2. The van der Waals surface area contributed by atoms with Crippen LogP contribution in [0.25, 0.3) is 49.6 Å². The molecule has 0 saturated heterocycles. The van der Waals surface area contributed by atoms with Gasteiger partial charge in [-0.2, -0.15) is 6.07 Å². The number of hydrogen-bond acceptors (Lipinski definition) is 6. The minimum absolute atomic E-state index is 0. The summed E-state index contributed by atoms with van der Waals surface area (Å²) in [6.45, 7) is 19.9. The van der Waals surface area contributed by atoms with Crippen LogP contribution in [0.2, 0.25) is 0 Å². The third-order valence-corrected chi connectivity index (χ3v) is 11.3. The zero-order valence-electron chi connectivity index (χ0n) is 34.4. The van der Waals surface area contributed by atoms with Crippen molar-refractivity contribution in [1.29, 1.82) is 0 Å². The fourth-order valence-corrected chi connectivity index (χ4v) is 8.38. The van der Waals surface area contributed by atoms with Crippen LogP contribution in [-0.2, 0) is 31.9 Å². The topological polar surface area (TPSA) is 59.6 Å². The third-order valence-electron chi connectivity index (χ3n) is 11.3. The van der Waals surface area contributed by atoms with E-state index in [1.807, 2.05) is 48.8 Å². The van der Waals surface area contributed by atoms with Gasteiger partial charge in [-0.3, -0.25) is 0 Å². The number of ether oxygens (including phenoxy) is 1. The standard InChI is InChI=1S/C51H44N5O2.Pt/c1-31-24-34(51(6,7)8)25-32(2)48(31)55-30-54(41-17-13-22-53-49(41)55)43-28-36(29-45-47(43)39-15-10-12-18-44(39)58-45)57-35-19-20-38-37-14-9-11-16-40(37)56(42(38)27-35)46-26-33(21-23-52-46)50(3,4)5;/h9-26,29-30H,1-8H3;/q-3;. The van der Waals surface area contributed by atoms with Gasteiger partial charge in [0.15, 0.2) is 0 Å². The second-order valence-corrected chi connectivity index (χ2v) is 17.4. The van der Waals surface area contributed by atoms with Crippen molar-refractivity contribution in [2.45, 2.75) is 66.2 Å². The Kier molecular flexibility index (Phi) is 9.24. The molecule has 0 amide bonds. The van der Waals surface area contributed by atoms with Crippen molar-refractivity contribution in [3.05, 3.63) is 157 Å². The summed E-state index contributed by atoms with van der Waals surface area (Å²) >= 11 is 0. The molecule has 0 bridgehead atoms. The molecular weight excluding hydrogens is 910 g/mol. The molecule has 0 saturated carbocycles. The molecule has 9 aromatic rings. The van der Waals surface area contributed by atoms with Crippen molar-refractivity contribution in [2.75, 3.05) is 9.80 Å². The Morgan fingerprint density at radius 2 is 1.37 bits per heavy atom. The van der Waals surface area contributed by atoms with Gasteiger partial charge in [-0.1, -0.05) is 113 Å². The normalized spacial score (nSPS) is 13.2. The second-order valence-electron chi connectivity index (χ2n) is 17.4. The second kappa shape index (κ2) is 14.1. The molecule has 0 atom stereocenters. The van der Waals surface area contributed by atoms with Crippen molar-refractivity contribution in [2.24, 2.45) is 0 Å². The Balaban J connectivity index is 0.00000449. The summed E-state index contributed by atoms with van der Waals surface area (Å²) in [7, 11) is 0. The van der Waals surface area contributed by atoms with Crippen LogP contribution in [-0.4, -0.2) is 14.5 Å². The maximum atomic E-state index is 6.76. The average molecular weight is 954 g/mol. The molecule has 8 heteroatoms. The predicted octanol–water partition coefficient (Wildman–Crippen LogP) is 13.5. The van der Waals surface area contributed by atoms with E-state index in [2.05, 4.69) is 155 Å². The molecule has 5 heterocycles. The summed E-state index contributed by atoms with van der Waals surface area (Å²) in [5.41, 5.74) is 11.1. The molecule has 59 heavy (non-hydrogen) atoms. The minimum atomic E-state index is -0.0355. The molecule has 298 valence electrons. The van der Waals surface area contributed by atoms with E-state index >= 15 is 0 Å². The van der Waals surface area contributed by atoms with E-state index in [1.54, 1.807) is 0 Å². The molecule has 0 radical (unpaired) electrons. The van der Waals surface area contributed by atoms with Crippen LogP contribution < -0.4 is 14.5 Å². The molecule has 0 spiro atoms. The Labute approximate surface area is 359 Å². The Bertz CT molecular complexity index is 3070. The number of hydrogen-bond donors (Lipinski definition) is 0. The number of para-hydroxylation sites is 2. The van der Waals surface area contributed by atoms with E-state index in [-0.39, 0.29) is 31.9 Å². The summed E-state index contributed by atoms with van der Waals surface area (Å²) < 4.78 is 15.5. The average Bonchev–Trinajstić information content (AvgIpc) is 3.86. The molecule has 7 nitrogen and oxygen atoms in total. The van der Waals surface area contributed by atoms with Gasteiger partial charge in [0.1, 0.15) is 17.2 Å². The minimum Gasteiger partial charge on any atom is -0.509 e. The summed E-state index contributed by atoms with van der Waals surface area (Å²) in [5, 5.41) is 4.13. The first-order valence-electron chi connectivity index (χ1n) is 19.8. The summed E-state index contributed by atoms with van der Waals surface area (Å²) in [6, 6.07) is 42.8. The number of aryl methyl sites for hydroxylation is 2. The first kappa shape index (κ1) is 38.6. The van der Waals surface area contributed by atoms with E-state index in [0.29, 0.717) is 17.1 Å². The fourth-order valence-electron chi connectivity index (χ4n) is 8.38. The zero-order chi connectivity index (χ0) is 40.1. The van der Waals surface area contributed by atoms with Crippen LogP contribution in [0.15, 0.2) is 120 Å². The number of benzene rings is 5. The number of anilines is 4. The quantitative estimate of drug-likeness (QED) is 0.160. The number of fused-ring (bicyclic) bond motifs is 7. The Hall–Kier alpha value is -5.91. The largest absolute Gasteiger partial charge is 0.509 e. The van der Waals surface area contributed by atoms with Crippen LogP contribution >= 0.6 is 0 Å². The molecule has 0 aliphatic carbocycles. The first-order valence-corrected chi connectivity index (χ1v) is 19.8. The maximum absolute atomic E-state index is 6.76. The monoisotopic (exact) mass is 953 g/mol. The number of furan rings is 1. The molecule has 0 unspecified atom stereocenters.